The Morgan fingerprint density at radius 2 is 2.21 bits per heavy atom. The van der Waals surface area contributed by atoms with Gasteiger partial charge in [0.2, 0.25) is 0 Å². The van der Waals surface area contributed by atoms with Crippen LogP contribution in [0, 0.1) is 5.82 Å². The van der Waals surface area contributed by atoms with Gasteiger partial charge in [-0.05, 0) is 23.8 Å². The van der Waals surface area contributed by atoms with Crippen LogP contribution in [0.25, 0.3) is 6.08 Å². The molecule has 0 saturated carbocycles. The Hall–Kier alpha value is -0.470. The average Bonchev–Trinajstić information content (AvgIpc) is 2.18. The molecule has 76 valence electrons. The van der Waals surface area contributed by atoms with Gasteiger partial charge in [-0.25, -0.2) is 4.39 Å². The van der Waals surface area contributed by atoms with Crippen LogP contribution in [-0.2, 0) is 5.88 Å². The lowest BCUT2D eigenvalue weighted by Gasteiger charge is -1.99. The Balaban J connectivity index is 2.76. The minimum Gasteiger partial charge on any atom is -0.207 e. The van der Waals surface area contributed by atoms with E-state index in [9.17, 15) is 4.39 Å². The van der Waals surface area contributed by atoms with Gasteiger partial charge in [0.15, 0.2) is 0 Å². The molecule has 0 aliphatic rings. The lowest BCUT2D eigenvalue weighted by Crippen LogP contribution is -1.86. The van der Waals surface area contributed by atoms with Crippen LogP contribution in [0.3, 0.4) is 0 Å². The van der Waals surface area contributed by atoms with E-state index in [1.54, 1.807) is 6.07 Å². The van der Waals surface area contributed by atoms with Crippen molar-refractivity contribution in [3.63, 3.8) is 0 Å². The van der Waals surface area contributed by atoms with E-state index in [4.69, 9.17) is 11.6 Å². The largest absolute Gasteiger partial charge is 0.207 e. The molecule has 1 aromatic carbocycles. The van der Waals surface area contributed by atoms with Gasteiger partial charge in [-0.1, -0.05) is 24.3 Å². The van der Waals surface area contributed by atoms with E-state index in [1.165, 1.54) is 6.07 Å². The van der Waals surface area contributed by atoms with Crippen molar-refractivity contribution in [2.45, 2.75) is 12.3 Å². The summed E-state index contributed by atoms with van der Waals surface area (Å²) in [4.78, 5) is 0. The number of rotatable bonds is 4. The monoisotopic (exact) mass is 230 g/mol. The van der Waals surface area contributed by atoms with Crippen LogP contribution in [0.2, 0.25) is 0 Å². The molecular formula is C11H12ClFS. The summed E-state index contributed by atoms with van der Waals surface area (Å²) in [5.41, 5.74) is 1.40. The molecule has 0 saturated heterocycles. The molecule has 0 fully saturated rings. The normalized spacial score (nSPS) is 11.1. The van der Waals surface area contributed by atoms with E-state index in [2.05, 4.69) is 12.6 Å². The highest BCUT2D eigenvalue weighted by atomic mass is 35.5. The van der Waals surface area contributed by atoms with Crippen LogP contribution in [0.5, 0.6) is 0 Å². The zero-order chi connectivity index (χ0) is 10.4. The molecule has 0 heterocycles. The van der Waals surface area contributed by atoms with Crippen LogP contribution in [-0.4, -0.2) is 5.75 Å². The smallest absolute Gasteiger partial charge is 0.128 e. The van der Waals surface area contributed by atoms with Crippen LogP contribution in [0.1, 0.15) is 17.5 Å². The molecule has 0 nitrogen and oxygen atoms in total. The maximum Gasteiger partial charge on any atom is 0.128 e. The zero-order valence-electron chi connectivity index (χ0n) is 7.71. The molecule has 0 amide bonds. The lowest BCUT2D eigenvalue weighted by atomic mass is 10.1. The number of alkyl halides is 1. The molecule has 0 spiro atoms. The Morgan fingerprint density at radius 3 is 2.79 bits per heavy atom. The first kappa shape index (κ1) is 11.6. The fourth-order valence-corrected chi connectivity index (χ4v) is 1.44. The molecule has 0 N–H and O–H groups in total. The van der Waals surface area contributed by atoms with Crippen molar-refractivity contribution in [1.82, 2.24) is 0 Å². The van der Waals surface area contributed by atoms with Crippen molar-refractivity contribution in [1.29, 1.82) is 0 Å². The van der Waals surface area contributed by atoms with Crippen molar-refractivity contribution in [2.75, 3.05) is 5.75 Å². The van der Waals surface area contributed by atoms with Crippen LogP contribution >= 0.6 is 24.2 Å². The number of halogens is 2. The summed E-state index contributed by atoms with van der Waals surface area (Å²) < 4.78 is 13.2. The van der Waals surface area contributed by atoms with E-state index in [1.807, 2.05) is 18.2 Å². The van der Waals surface area contributed by atoms with Gasteiger partial charge in [0.05, 0.1) is 5.88 Å². The van der Waals surface area contributed by atoms with E-state index in [0.29, 0.717) is 5.56 Å². The minimum absolute atomic E-state index is 0.215. The average molecular weight is 231 g/mol. The Bertz CT molecular complexity index is 323. The standard InChI is InChI=1S/C11H12ClFS/c12-8-10-5-4-9(7-11(10)13)3-1-2-6-14/h1,3-5,7,14H,2,6,8H2. The summed E-state index contributed by atoms with van der Waals surface area (Å²) in [5.74, 6) is 0.776. The first-order valence-corrected chi connectivity index (χ1v) is 5.56. The van der Waals surface area contributed by atoms with Gasteiger partial charge in [-0.15, -0.1) is 11.6 Å². The van der Waals surface area contributed by atoms with E-state index in [0.717, 1.165) is 17.7 Å². The Morgan fingerprint density at radius 1 is 1.43 bits per heavy atom. The minimum atomic E-state index is -0.243. The summed E-state index contributed by atoms with van der Waals surface area (Å²) >= 11 is 9.62. The molecule has 0 radical (unpaired) electrons. The molecular weight excluding hydrogens is 219 g/mol. The van der Waals surface area contributed by atoms with Crippen LogP contribution in [0.15, 0.2) is 24.3 Å². The highest BCUT2D eigenvalue weighted by Gasteiger charge is 1.99. The van der Waals surface area contributed by atoms with Gasteiger partial charge in [0.25, 0.3) is 0 Å². The SMILES string of the molecule is Fc1cc(C=CCCS)ccc1CCl. The van der Waals surface area contributed by atoms with Crippen molar-refractivity contribution in [3.8, 4) is 0 Å². The third-order valence-electron chi connectivity index (χ3n) is 1.83. The Labute approximate surface area is 94.2 Å². The van der Waals surface area contributed by atoms with Crippen molar-refractivity contribution in [3.05, 3.63) is 41.2 Å². The molecule has 0 aliphatic carbocycles. The predicted molar refractivity (Wildman–Crippen MR) is 63.5 cm³/mol. The molecule has 0 bridgehead atoms. The number of benzene rings is 1. The molecule has 0 aromatic heterocycles. The second-order valence-corrected chi connectivity index (χ2v) is 3.61. The van der Waals surface area contributed by atoms with E-state index < -0.39 is 0 Å². The van der Waals surface area contributed by atoms with Crippen LogP contribution < -0.4 is 0 Å². The van der Waals surface area contributed by atoms with Gasteiger partial charge < -0.3 is 0 Å². The number of allylic oxidation sites excluding steroid dienone is 1. The van der Waals surface area contributed by atoms with Crippen molar-refractivity contribution in [2.24, 2.45) is 0 Å². The molecule has 1 rings (SSSR count). The topological polar surface area (TPSA) is 0 Å². The first-order chi connectivity index (χ1) is 6.77. The van der Waals surface area contributed by atoms with Crippen LogP contribution in [0.4, 0.5) is 4.39 Å². The van der Waals surface area contributed by atoms with Gasteiger partial charge >= 0.3 is 0 Å². The van der Waals surface area contributed by atoms with Gasteiger partial charge in [-0.2, -0.15) is 12.6 Å². The second kappa shape index (κ2) is 6.10. The fraction of sp³-hybridized carbons (Fsp3) is 0.273. The number of hydrogen-bond donors (Lipinski definition) is 1. The highest BCUT2D eigenvalue weighted by molar-refractivity contribution is 7.80. The third-order valence-corrected chi connectivity index (χ3v) is 2.37. The molecule has 0 aliphatic heterocycles. The molecule has 0 atom stereocenters. The van der Waals surface area contributed by atoms with Gasteiger partial charge in [0, 0.05) is 5.56 Å². The fourth-order valence-electron chi connectivity index (χ4n) is 1.07. The summed E-state index contributed by atoms with van der Waals surface area (Å²) in [6, 6.07) is 5.06. The van der Waals surface area contributed by atoms with E-state index >= 15 is 0 Å². The highest BCUT2D eigenvalue weighted by Crippen LogP contribution is 2.13. The molecule has 0 unspecified atom stereocenters. The summed E-state index contributed by atoms with van der Waals surface area (Å²) in [7, 11) is 0. The second-order valence-electron chi connectivity index (χ2n) is 2.90. The number of thiol groups is 1. The maximum atomic E-state index is 13.2. The summed E-state index contributed by atoms with van der Waals surface area (Å²) in [6.07, 6.45) is 4.75. The first-order valence-electron chi connectivity index (χ1n) is 4.39. The quantitative estimate of drug-likeness (QED) is 0.589. The van der Waals surface area contributed by atoms with E-state index in [-0.39, 0.29) is 11.7 Å². The number of hydrogen-bond acceptors (Lipinski definition) is 1. The van der Waals surface area contributed by atoms with Crippen molar-refractivity contribution >= 4 is 30.3 Å². The molecule has 3 heteroatoms. The molecule has 14 heavy (non-hydrogen) atoms. The predicted octanol–water partition coefficient (Wildman–Crippen LogP) is 3.90. The lowest BCUT2D eigenvalue weighted by molar-refractivity contribution is 0.616. The zero-order valence-corrected chi connectivity index (χ0v) is 9.36. The van der Waals surface area contributed by atoms with Gasteiger partial charge in [-0.3, -0.25) is 0 Å². The summed E-state index contributed by atoms with van der Waals surface area (Å²) in [5, 5.41) is 0. The third kappa shape index (κ3) is 3.35. The maximum absolute atomic E-state index is 13.2. The summed E-state index contributed by atoms with van der Waals surface area (Å²) in [6.45, 7) is 0. The van der Waals surface area contributed by atoms with Crippen molar-refractivity contribution < 1.29 is 4.39 Å². The van der Waals surface area contributed by atoms with Gasteiger partial charge in [0.1, 0.15) is 5.82 Å². The Kier molecular flexibility index (Phi) is 5.05. The molecule has 1 aromatic rings.